The van der Waals surface area contributed by atoms with Crippen molar-refractivity contribution in [1.29, 1.82) is 0 Å². The van der Waals surface area contributed by atoms with Crippen molar-refractivity contribution >= 4 is 5.91 Å². The first-order valence-corrected chi connectivity index (χ1v) is 8.58. The number of aryl methyl sites for hydroxylation is 2. The molecule has 2 heterocycles. The average Bonchev–Trinajstić information content (AvgIpc) is 2.66. The number of carbonyl (C=O) groups excluding carboxylic acids is 1. The Balaban J connectivity index is 1.60. The van der Waals surface area contributed by atoms with Crippen molar-refractivity contribution in [3.05, 3.63) is 53.4 Å². The smallest absolute Gasteiger partial charge is 0.254 e. The van der Waals surface area contributed by atoms with E-state index in [1.165, 1.54) is 19.2 Å². The van der Waals surface area contributed by atoms with Gasteiger partial charge in [-0.15, -0.1) is 0 Å². The highest BCUT2D eigenvalue weighted by Crippen LogP contribution is 2.20. The van der Waals surface area contributed by atoms with Crippen molar-refractivity contribution in [2.45, 2.75) is 25.9 Å². The van der Waals surface area contributed by atoms with E-state index in [1.54, 1.807) is 17.3 Å². The van der Waals surface area contributed by atoms with Gasteiger partial charge in [0.25, 0.3) is 5.91 Å². The fraction of sp³-hybridized carbons (Fsp3) is 0.421. The first kappa shape index (κ1) is 18.3. The van der Waals surface area contributed by atoms with E-state index in [9.17, 15) is 9.18 Å². The summed E-state index contributed by atoms with van der Waals surface area (Å²) in [5.74, 6) is -0.610. The number of halogens is 1. The van der Waals surface area contributed by atoms with Crippen LogP contribution in [-0.4, -0.2) is 53.7 Å². The molecule has 0 saturated carbocycles. The van der Waals surface area contributed by atoms with E-state index < -0.39 is 5.82 Å². The highest BCUT2D eigenvalue weighted by atomic mass is 19.1. The topological polar surface area (TPSA) is 64.5 Å². The minimum atomic E-state index is -0.540. The maximum atomic E-state index is 13.9. The second kappa shape index (κ2) is 8.23. The third kappa shape index (κ3) is 4.35. The zero-order chi connectivity index (χ0) is 18.5. The summed E-state index contributed by atoms with van der Waals surface area (Å²) in [4.78, 5) is 22.7. The van der Waals surface area contributed by atoms with Gasteiger partial charge in [-0.1, -0.05) is 0 Å². The molecule has 1 aromatic carbocycles. The molecule has 2 aromatic rings. The molecule has 26 heavy (non-hydrogen) atoms. The second-order valence-electron chi connectivity index (χ2n) is 6.28. The fourth-order valence-corrected chi connectivity index (χ4v) is 3.02. The highest BCUT2D eigenvalue weighted by molar-refractivity contribution is 5.94. The van der Waals surface area contributed by atoms with Crippen LogP contribution in [-0.2, 0) is 11.2 Å². The summed E-state index contributed by atoms with van der Waals surface area (Å²) in [7, 11) is 1.39. The van der Waals surface area contributed by atoms with Crippen LogP contribution >= 0.6 is 0 Å². The first-order chi connectivity index (χ1) is 12.6. The van der Waals surface area contributed by atoms with Gasteiger partial charge in [0.05, 0.1) is 19.8 Å². The Labute approximate surface area is 152 Å². The molecule has 0 N–H and O–H groups in total. The van der Waals surface area contributed by atoms with Gasteiger partial charge < -0.3 is 14.4 Å². The zero-order valence-corrected chi connectivity index (χ0v) is 14.9. The van der Waals surface area contributed by atoms with E-state index in [2.05, 4.69) is 9.97 Å². The lowest BCUT2D eigenvalue weighted by Gasteiger charge is -2.33. The van der Waals surface area contributed by atoms with Gasteiger partial charge in [0.1, 0.15) is 6.33 Å². The Bertz CT molecular complexity index is 784. The molecule has 0 radical (unpaired) electrons. The highest BCUT2D eigenvalue weighted by Gasteiger charge is 2.25. The van der Waals surface area contributed by atoms with E-state index >= 15 is 0 Å². The molecule has 1 amide bonds. The number of amides is 1. The van der Waals surface area contributed by atoms with Crippen LogP contribution in [0.4, 0.5) is 4.39 Å². The van der Waals surface area contributed by atoms with Crippen molar-refractivity contribution in [2.75, 3.05) is 26.8 Å². The van der Waals surface area contributed by atoms with Gasteiger partial charge in [-0.05, 0) is 44.0 Å². The molecule has 138 valence electrons. The maximum Gasteiger partial charge on any atom is 0.254 e. The standard InChI is InChI=1S/C19H22FN3O3/c1-13-9-15(22-12-21-13)4-5-16-11-23(7-8-26-16)19(24)14-3-6-18(25-2)17(20)10-14/h3,6,9-10,12,16H,4-5,7-8,11H2,1-2H3. The molecule has 1 aliphatic rings. The number of morpholine rings is 1. The van der Waals surface area contributed by atoms with E-state index in [1.807, 2.05) is 13.0 Å². The van der Waals surface area contributed by atoms with Crippen molar-refractivity contribution in [3.8, 4) is 5.75 Å². The van der Waals surface area contributed by atoms with Crippen LogP contribution in [0.15, 0.2) is 30.6 Å². The molecule has 1 unspecified atom stereocenters. The Morgan fingerprint density at radius 2 is 2.23 bits per heavy atom. The molecule has 1 aromatic heterocycles. The molecule has 3 rings (SSSR count). The molecule has 1 aliphatic heterocycles. The molecule has 0 bridgehead atoms. The van der Waals surface area contributed by atoms with E-state index in [0.717, 1.165) is 24.2 Å². The van der Waals surface area contributed by atoms with E-state index in [4.69, 9.17) is 9.47 Å². The van der Waals surface area contributed by atoms with Gasteiger partial charge in [0.15, 0.2) is 11.6 Å². The summed E-state index contributed by atoms with van der Waals surface area (Å²) in [6.07, 6.45) is 3.01. The Morgan fingerprint density at radius 1 is 1.38 bits per heavy atom. The van der Waals surface area contributed by atoms with Crippen LogP contribution in [0.5, 0.6) is 5.75 Å². The summed E-state index contributed by atoms with van der Waals surface area (Å²) >= 11 is 0. The molecule has 1 atom stereocenters. The summed E-state index contributed by atoms with van der Waals surface area (Å²) in [6, 6.07) is 6.22. The first-order valence-electron chi connectivity index (χ1n) is 8.58. The number of ether oxygens (including phenoxy) is 2. The maximum absolute atomic E-state index is 13.9. The minimum Gasteiger partial charge on any atom is -0.494 e. The van der Waals surface area contributed by atoms with Crippen LogP contribution in [0.3, 0.4) is 0 Å². The molecular weight excluding hydrogens is 337 g/mol. The normalized spacial score (nSPS) is 17.2. The Hall–Kier alpha value is -2.54. The lowest BCUT2D eigenvalue weighted by Crippen LogP contribution is -2.45. The monoisotopic (exact) mass is 359 g/mol. The lowest BCUT2D eigenvalue weighted by molar-refractivity contribution is -0.0247. The molecule has 6 nitrogen and oxygen atoms in total. The number of hydrogen-bond donors (Lipinski definition) is 0. The molecule has 7 heteroatoms. The third-order valence-electron chi connectivity index (χ3n) is 4.41. The van der Waals surface area contributed by atoms with Crippen LogP contribution in [0.2, 0.25) is 0 Å². The second-order valence-corrected chi connectivity index (χ2v) is 6.28. The number of rotatable bonds is 5. The van der Waals surface area contributed by atoms with Crippen LogP contribution in [0, 0.1) is 12.7 Å². The van der Waals surface area contributed by atoms with E-state index in [-0.39, 0.29) is 17.8 Å². The number of methoxy groups -OCH3 is 1. The zero-order valence-electron chi connectivity index (χ0n) is 14.9. The van der Waals surface area contributed by atoms with Crippen molar-refractivity contribution in [1.82, 2.24) is 14.9 Å². The van der Waals surface area contributed by atoms with Gasteiger partial charge in [-0.3, -0.25) is 4.79 Å². The largest absolute Gasteiger partial charge is 0.494 e. The van der Waals surface area contributed by atoms with Crippen molar-refractivity contribution < 1.29 is 18.7 Å². The Kier molecular flexibility index (Phi) is 5.78. The van der Waals surface area contributed by atoms with Crippen LogP contribution in [0.1, 0.15) is 28.2 Å². The summed E-state index contributed by atoms with van der Waals surface area (Å²) in [5.41, 5.74) is 2.20. The van der Waals surface area contributed by atoms with Gasteiger partial charge >= 0.3 is 0 Å². The molecule has 0 aliphatic carbocycles. The van der Waals surface area contributed by atoms with Gasteiger partial charge in [0.2, 0.25) is 0 Å². The number of nitrogens with zero attached hydrogens (tertiary/aromatic N) is 3. The summed E-state index contributed by atoms with van der Waals surface area (Å²) in [6.45, 7) is 3.38. The predicted octanol–water partition coefficient (Wildman–Crippen LogP) is 2.41. The van der Waals surface area contributed by atoms with Gasteiger partial charge in [-0.2, -0.15) is 0 Å². The number of hydrogen-bond acceptors (Lipinski definition) is 5. The van der Waals surface area contributed by atoms with Crippen LogP contribution in [0.25, 0.3) is 0 Å². The molecule has 1 fully saturated rings. The molecular formula is C19H22FN3O3. The van der Waals surface area contributed by atoms with Gasteiger partial charge in [-0.25, -0.2) is 14.4 Å². The minimum absolute atomic E-state index is 0.0638. The quantitative estimate of drug-likeness (QED) is 0.820. The van der Waals surface area contributed by atoms with Crippen molar-refractivity contribution in [3.63, 3.8) is 0 Å². The van der Waals surface area contributed by atoms with E-state index in [0.29, 0.717) is 25.3 Å². The van der Waals surface area contributed by atoms with Gasteiger partial charge in [0, 0.05) is 30.0 Å². The lowest BCUT2D eigenvalue weighted by atomic mass is 10.1. The Morgan fingerprint density at radius 3 is 2.96 bits per heavy atom. The fourth-order valence-electron chi connectivity index (χ4n) is 3.02. The summed E-state index contributed by atoms with van der Waals surface area (Å²) < 4.78 is 24.5. The number of benzene rings is 1. The molecule has 1 saturated heterocycles. The van der Waals surface area contributed by atoms with Crippen molar-refractivity contribution in [2.24, 2.45) is 0 Å². The third-order valence-corrected chi connectivity index (χ3v) is 4.41. The summed E-state index contributed by atoms with van der Waals surface area (Å²) in [5, 5.41) is 0. The predicted molar refractivity (Wildman–Crippen MR) is 93.7 cm³/mol. The van der Waals surface area contributed by atoms with Crippen LogP contribution < -0.4 is 4.74 Å². The number of carbonyl (C=O) groups is 1. The number of aromatic nitrogens is 2. The molecule has 0 spiro atoms. The average molecular weight is 359 g/mol. The SMILES string of the molecule is COc1ccc(C(=O)N2CCOC(CCc3cc(C)ncn3)C2)cc1F.